The van der Waals surface area contributed by atoms with Gasteiger partial charge in [0, 0.05) is 61.2 Å². The number of carbonyl (C=O) groups excluding carboxylic acids is 3. The Morgan fingerprint density at radius 2 is 1.82 bits per heavy atom. The highest BCUT2D eigenvalue weighted by atomic mass is 16.2. The van der Waals surface area contributed by atoms with Gasteiger partial charge in [-0.15, -0.1) is 0 Å². The van der Waals surface area contributed by atoms with Gasteiger partial charge in [0.05, 0.1) is 5.48 Å². The predicted octanol–water partition coefficient (Wildman–Crippen LogP) is 1.37. The summed E-state index contributed by atoms with van der Waals surface area (Å²) in [6.45, 7) is -7.60. The van der Waals surface area contributed by atoms with Crippen LogP contribution in [-0.4, -0.2) is 65.1 Å². The van der Waals surface area contributed by atoms with Crippen LogP contribution in [0.4, 0.5) is 5.69 Å². The molecule has 0 spiro atoms. The molecular weight excluding hydrogens is 356 g/mol. The molecule has 0 aromatic heterocycles. The predicted molar refractivity (Wildman–Crippen MR) is 106 cm³/mol. The summed E-state index contributed by atoms with van der Waals surface area (Å²) in [6.07, 6.45) is 0.224. The second-order valence-corrected chi connectivity index (χ2v) is 8.03. The molecular formula is C21H28N4O3. The fraction of sp³-hybridized carbons (Fsp3) is 0.571. The van der Waals surface area contributed by atoms with Crippen LogP contribution < -0.4 is 10.2 Å². The van der Waals surface area contributed by atoms with Gasteiger partial charge in [0.25, 0.3) is 5.91 Å². The second kappa shape index (κ2) is 6.88. The van der Waals surface area contributed by atoms with Crippen molar-refractivity contribution in [1.29, 1.82) is 0 Å². The molecule has 1 N–H and O–H groups in total. The van der Waals surface area contributed by atoms with Crippen LogP contribution >= 0.6 is 0 Å². The Morgan fingerprint density at radius 3 is 2.46 bits per heavy atom. The Bertz CT molecular complexity index is 1120. The van der Waals surface area contributed by atoms with Crippen molar-refractivity contribution in [3.8, 4) is 0 Å². The lowest BCUT2D eigenvalue weighted by Gasteiger charge is -2.43. The van der Waals surface area contributed by atoms with Gasteiger partial charge in [-0.2, -0.15) is 0 Å². The van der Waals surface area contributed by atoms with Gasteiger partial charge in [-0.1, -0.05) is 0 Å². The van der Waals surface area contributed by atoms with Crippen LogP contribution in [0.25, 0.3) is 0 Å². The Morgan fingerprint density at radius 1 is 1.11 bits per heavy atom. The molecule has 3 amide bonds. The van der Waals surface area contributed by atoms with Crippen molar-refractivity contribution in [3.63, 3.8) is 0 Å². The molecule has 150 valence electrons. The van der Waals surface area contributed by atoms with Crippen LogP contribution in [0.1, 0.15) is 60.5 Å². The average molecular weight is 393 g/mol. The van der Waals surface area contributed by atoms with Crippen LogP contribution in [0.3, 0.4) is 0 Å². The summed E-state index contributed by atoms with van der Waals surface area (Å²) in [5, 5.41) is 2.21. The van der Waals surface area contributed by atoms with Gasteiger partial charge in [0.15, 0.2) is 0 Å². The van der Waals surface area contributed by atoms with E-state index in [0.29, 0.717) is 15.4 Å². The highest BCUT2D eigenvalue weighted by molar-refractivity contribution is 6.05. The van der Waals surface area contributed by atoms with Gasteiger partial charge in [-0.25, -0.2) is 0 Å². The number of amides is 3. The molecule has 7 nitrogen and oxygen atoms in total. The van der Waals surface area contributed by atoms with Gasteiger partial charge < -0.3 is 9.80 Å². The molecule has 0 radical (unpaired) electrons. The highest BCUT2D eigenvalue weighted by Crippen LogP contribution is 2.31. The van der Waals surface area contributed by atoms with Crippen molar-refractivity contribution >= 4 is 23.4 Å². The van der Waals surface area contributed by atoms with E-state index in [1.165, 1.54) is 43.9 Å². The van der Waals surface area contributed by atoms with E-state index in [-0.39, 0.29) is 30.6 Å². The molecule has 7 heteroatoms. The second-order valence-electron chi connectivity index (χ2n) is 8.03. The molecule has 0 saturated carbocycles. The van der Waals surface area contributed by atoms with Crippen molar-refractivity contribution in [2.45, 2.75) is 51.7 Å². The zero-order valence-corrected chi connectivity index (χ0v) is 16.0. The quantitative estimate of drug-likeness (QED) is 0.770. The maximum absolute atomic E-state index is 13.0. The summed E-state index contributed by atoms with van der Waals surface area (Å²) in [4.78, 5) is 39.1. The van der Waals surface area contributed by atoms with Crippen LogP contribution in [0, 0.1) is 0 Å². The molecule has 0 bridgehead atoms. The van der Waals surface area contributed by atoms with E-state index in [0.717, 1.165) is 0 Å². The number of benzene rings is 1. The Labute approximate surface area is 176 Å². The van der Waals surface area contributed by atoms with Gasteiger partial charge in [0.1, 0.15) is 6.04 Å². The summed E-state index contributed by atoms with van der Waals surface area (Å²) in [5.41, 5.74) is -0.854. The number of rotatable bonds is 2. The molecule has 0 unspecified atom stereocenters. The first-order valence-corrected chi connectivity index (χ1v) is 9.14. The Kier molecular flexibility index (Phi) is 2.84. The topological polar surface area (TPSA) is 73.0 Å². The van der Waals surface area contributed by atoms with Gasteiger partial charge in [-0.05, 0) is 51.0 Å². The van der Waals surface area contributed by atoms with E-state index in [9.17, 15) is 14.4 Å². The molecule has 1 aromatic carbocycles. The van der Waals surface area contributed by atoms with E-state index in [1.807, 2.05) is 0 Å². The summed E-state index contributed by atoms with van der Waals surface area (Å²) >= 11 is 0. The van der Waals surface area contributed by atoms with E-state index in [4.69, 9.17) is 11.0 Å². The zero-order chi connectivity index (χ0) is 27.2. The summed E-state index contributed by atoms with van der Waals surface area (Å²) < 4.78 is 68.9. The first kappa shape index (κ1) is 11.6. The summed E-state index contributed by atoms with van der Waals surface area (Å²) in [6, 6.07) is 3.04. The van der Waals surface area contributed by atoms with Crippen LogP contribution in [0.15, 0.2) is 18.2 Å². The van der Waals surface area contributed by atoms with E-state index < -0.39 is 55.3 Å². The van der Waals surface area contributed by atoms with Crippen molar-refractivity contribution in [3.05, 3.63) is 29.3 Å². The zero-order valence-electron chi connectivity index (χ0n) is 24.0. The number of hydrogen-bond acceptors (Lipinski definition) is 5. The molecule has 3 aliphatic heterocycles. The number of imide groups is 1. The standard InChI is InChI=1S/C21H28N4O3/c1-21(2,3)24-10-8-23(9-11-24)15-4-5-16-14(12-15)13-25(20(16)28)17-6-7-18(26)22-19(17)27/h4-5,12,17H,6-11,13H2,1-3H3,(H,22,26,27)/t17-/m1/s1/i8D2,9D2,10D2,11D2. The minimum Gasteiger partial charge on any atom is -0.369 e. The van der Waals surface area contributed by atoms with Gasteiger partial charge >= 0.3 is 0 Å². The number of nitrogens with one attached hydrogen (secondary N) is 1. The monoisotopic (exact) mass is 392 g/mol. The molecule has 3 aliphatic rings. The number of fused-ring (bicyclic) bond motifs is 1. The minimum atomic E-state index is -3.03. The first-order valence-electron chi connectivity index (χ1n) is 13.1. The van der Waals surface area contributed by atoms with Crippen molar-refractivity contribution in [2.24, 2.45) is 0 Å². The van der Waals surface area contributed by atoms with Crippen LogP contribution in [0.5, 0.6) is 0 Å². The maximum atomic E-state index is 13.0. The number of carbonyl (C=O) groups is 3. The third kappa shape index (κ3) is 3.39. The van der Waals surface area contributed by atoms with Crippen molar-refractivity contribution in [2.75, 3.05) is 30.9 Å². The fourth-order valence-electron chi connectivity index (χ4n) is 3.42. The van der Waals surface area contributed by atoms with Crippen LogP contribution in [-0.2, 0) is 16.1 Å². The Balaban J connectivity index is 1.77. The van der Waals surface area contributed by atoms with E-state index >= 15 is 0 Å². The Hall–Kier alpha value is -2.41. The van der Waals surface area contributed by atoms with E-state index in [1.54, 1.807) is 0 Å². The lowest BCUT2D eigenvalue weighted by molar-refractivity contribution is -0.136. The van der Waals surface area contributed by atoms with Crippen LogP contribution in [0.2, 0.25) is 0 Å². The van der Waals surface area contributed by atoms with E-state index in [2.05, 4.69) is 5.32 Å². The number of anilines is 1. The smallest absolute Gasteiger partial charge is 0.255 e. The molecule has 4 rings (SSSR count). The lowest BCUT2D eigenvalue weighted by Crippen LogP contribution is -2.53. The molecule has 2 fully saturated rings. The number of nitrogens with zero attached hydrogens (tertiary/aromatic N) is 3. The fourth-order valence-corrected chi connectivity index (χ4v) is 3.42. The summed E-state index contributed by atoms with van der Waals surface area (Å²) in [7, 11) is 0. The molecule has 2 saturated heterocycles. The summed E-state index contributed by atoms with van der Waals surface area (Å²) in [5.74, 6) is -1.50. The van der Waals surface area contributed by atoms with Gasteiger partial charge in [0.2, 0.25) is 11.8 Å². The number of piperazine rings is 1. The first-order chi connectivity index (χ1) is 16.3. The third-order valence-electron chi connectivity index (χ3n) is 4.98. The van der Waals surface area contributed by atoms with Crippen molar-refractivity contribution < 1.29 is 25.3 Å². The highest BCUT2D eigenvalue weighted by Gasteiger charge is 2.39. The SMILES string of the molecule is [2H]C1([2H])N(c2ccc3c(c2)CN([C@@H]2CCC(=O)NC2=O)C3=O)C([2H])([2H])C([2H])([2H])N(C(C)(C)C)C1([2H])[2H]. The molecule has 1 atom stereocenters. The molecule has 0 aliphatic carbocycles. The third-order valence-corrected chi connectivity index (χ3v) is 4.98. The average Bonchev–Trinajstić information content (AvgIpc) is 3.01. The maximum Gasteiger partial charge on any atom is 0.255 e. The van der Waals surface area contributed by atoms with Gasteiger partial charge in [-0.3, -0.25) is 24.6 Å². The normalized spacial score (nSPS) is 35.2. The number of hydrogen-bond donors (Lipinski definition) is 1. The van der Waals surface area contributed by atoms with Crippen molar-refractivity contribution in [1.82, 2.24) is 15.1 Å². The molecule has 1 aromatic rings. The molecule has 28 heavy (non-hydrogen) atoms. The lowest BCUT2D eigenvalue weighted by atomic mass is 10.0. The largest absolute Gasteiger partial charge is 0.369 e. The molecule has 3 heterocycles. The minimum absolute atomic E-state index is 0.0535. The number of piperidine rings is 1.